The van der Waals surface area contributed by atoms with E-state index in [0.29, 0.717) is 55.5 Å². The van der Waals surface area contributed by atoms with Crippen molar-refractivity contribution in [3.63, 3.8) is 0 Å². The topological polar surface area (TPSA) is 63.5 Å². The first kappa shape index (κ1) is 21.8. The van der Waals surface area contributed by atoms with Crippen LogP contribution in [0.15, 0.2) is 24.4 Å². The first-order valence-electron chi connectivity index (χ1n) is 10.7. The van der Waals surface area contributed by atoms with E-state index < -0.39 is 0 Å². The summed E-state index contributed by atoms with van der Waals surface area (Å²) in [6, 6.07) is 7.21. The van der Waals surface area contributed by atoms with Gasteiger partial charge in [0.05, 0.1) is 28.3 Å². The maximum Gasteiger partial charge on any atom is 0.257 e. The van der Waals surface area contributed by atoms with Crippen molar-refractivity contribution in [2.24, 2.45) is 5.41 Å². The van der Waals surface area contributed by atoms with E-state index in [-0.39, 0.29) is 23.2 Å². The summed E-state index contributed by atoms with van der Waals surface area (Å²) in [7, 11) is 0. The van der Waals surface area contributed by atoms with Crippen molar-refractivity contribution in [3.05, 3.63) is 35.8 Å². The molecule has 6 nitrogen and oxygen atoms in total. The van der Waals surface area contributed by atoms with Gasteiger partial charge in [0.2, 0.25) is 0 Å². The first-order chi connectivity index (χ1) is 14.8. The molecule has 2 aliphatic rings. The Balaban J connectivity index is 1.73. The molecule has 0 N–H and O–H groups in total. The van der Waals surface area contributed by atoms with Crippen molar-refractivity contribution in [1.82, 2.24) is 14.2 Å². The summed E-state index contributed by atoms with van der Waals surface area (Å²) in [6.45, 7) is 7.51. The molecule has 0 aliphatic carbocycles. The third kappa shape index (κ3) is 4.21. The smallest absolute Gasteiger partial charge is 0.257 e. The summed E-state index contributed by atoms with van der Waals surface area (Å²) in [5.74, 6) is -0.406. The molecule has 1 amide bonds. The van der Waals surface area contributed by atoms with Crippen molar-refractivity contribution in [1.29, 1.82) is 5.26 Å². The normalized spacial score (nSPS) is 21.8. The number of halogens is 1. The van der Waals surface area contributed by atoms with Crippen LogP contribution in [0.5, 0.6) is 0 Å². The van der Waals surface area contributed by atoms with Crippen LogP contribution in [0.2, 0.25) is 0 Å². The molecule has 0 bridgehead atoms. The molecule has 3 heterocycles. The second-order valence-electron chi connectivity index (χ2n) is 8.76. The highest BCUT2D eigenvalue weighted by atomic mass is 32.2. The van der Waals surface area contributed by atoms with E-state index in [1.807, 2.05) is 11.8 Å². The number of anilines is 1. The second-order valence-corrected chi connectivity index (χ2v) is 9.60. The number of amides is 1. The molecule has 8 heteroatoms. The van der Waals surface area contributed by atoms with E-state index in [1.165, 1.54) is 12.1 Å². The highest BCUT2D eigenvalue weighted by molar-refractivity contribution is 7.96. The predicted molar refractivity (Wildman–Crippen MR) is 122 cm³/mol. The van der Waals surface area contributed by atoms with Crippen LogP contribution >= 0.6 is 11.9 Å². The Morgan fingerprint density at radius 2 is 2.03 bits per heavy atom. The number of hydrogen-bond acceptors (Lipinski definition) is 6. The third-order valence-corrected chi connectivity index (χ3v) is 7.58. The number of fused-ring (bicyclic) bond motifs is 1. The maximum absolute atomic E-state index is 14.2. The van der Waals surface area contributed by atoms with Gasteiger partial charge in [0.25, 0.3) is 5.91 Å². The molecule has 1 aromatic carbocycles. The number of hydrogen-bond donors (Lipinski definition) is 0. The largest absolute Gasteiger partial charge is 0.370 e. The minimum atomic E-state index is -0.363. The number of carbonyl (C=O) groups excluding carboxylic acids is 1. The molecule has 2 saturated heterocycles. The van der Waals surface area contributed by atoms with Gasteiger partial charge >= 0.3 is 0 Å². The number of benzene rings is 1. The van der Waals surface area contributed by atoms with Gasteiger partial charge in [-0.25, -0.2) is 8.70 Å². The maximum atomic E-state index is 14.2. The van der Waals surface area contributed by atoms with Crippen LogP contribution in [-0.4, -0.2) is 65.1 Å². The van der Waals surface area contributed by atoms with E-state index in [9.17, 15) is 14.4 Å². The summed E-state index contributed by atoms with van der Waals surface area (Å²) in [5, 5.41) is 10.2. The van der Waals surface area contributed by atoms with Crippen molar-refractivity contribution in [2.45, 2.75) is 32.7 Å². The molecule has 2 fully saturated rings. The number of piperazine rings is 1. The number of pyridine rings is 1. The second kappa shape index (κ2) is 8.64. The van der Waals surface area contributed by atoms with Crippen LogP contribution in [0.25, 0.3) is 10.9 Å². The molecule has 0 saturated carbocycles. The lowest BCUT2D eigenvalue weighted by atomic mass is 9.81. The average molecular weight is 442 g/mol. The number of carbonyl (C=O) groups is 1. The Labute approximate surface area is 187 Å². The van der Waals surface area contributed by atoms with Gasteiger partial charge in [-0.15, -0.1) is 0 Å². The van der Waals surface area contributed by atoms with Gasteiger partial charge < -0.3 is 9.80 Å². The zero-order chi connectivity index (χ0) is 22.2. The van der Waals surface area contributed by atoms with Gasteiger partial charge in [-0.3, -0.25) is 9.78 Å². The molecule has 1 unspecified atom stereocenters. The van der Waals surface area contributed by atoms with Crippen LogP contribution in [0.4, 0.5) is 10.1 Å². The van der Waals surface area contributed by atoms with Gasteiger partial charge in [0, 0.05) is 50.3 Å². The van der Waals surface area contributed by atoms with E-state index in [1.54, 1.807) is 24.2 Å². The Hall–Kier alpha value is -2.37. The SMILES string of the molecule is CSN1CCN(C(=O)c2cnc3ccc(F)cc3c2N2CCC(C)(C#N)CC2)CC1C. The zero-order valence-corrected chi connectivity index (χ0v) is 19.1. The fourth-order valence-electron chi connectivity index (χ4n) is 4.55. The van der Waals surface area contributed by atoms with Gasteiger partial charge in [-0.05, 0) is 51.1 Å². The summed E-state index contributed by atoms with van der Waals surface area (Å²) in [6.07, 6.45) is 5.11. The first-order valence-corrected chi connectivity index (χ1v) is 11.9. The fraction of sp³-hybridized carbons (Fsp3) is 0.522. The summed E-state index contributed by atoms with van der Waals surface area (Å²) >= 11 is 1.70. The number of nitrogens with zero attached hydrogens (tertiary/aromatic N) is 5. The van der Waals surface area contributed by atoms with E-state index in [0.717, 1.165) is 12.2 Å². The Bertz CT molecular complexity index is 1030. The quantitative estimate of drug-likeness (QED) is 0.673. The van der Waals surface area contributed by atoms with Gasteiger partial charge in [0.1, 0.15) is 5.82 Å². The molecular formula is C23H28FN5OS. The highest BCUT2D eigenvalue weighted by Crippen LogP contribution is 2.37. The van der Waals surface area contributed by atoms with Crippen molar-refractivity contribution < 1.29 is 9.18 Å². The summed E-state index contributed by atoms with van der Waals surface area (Å²) < 4.78 is 16.5. The van der Waals surface area contributed by atoms with E-state index in [4.69, 9.17) is 0 Å². The Kier molecular flexibility index (Phi) is 6.09. The molecule has 2 aromatic rings. The molecule has 0 spiro atoms. The molecule has 31 heavy (non-hydrogen) atoms. The highest BCUT2D eigenvalue weighted by Gasteiger charge is 2.34. The molecular weight excluding hydrogens is 413 g/mol. The zero-order valence-electron chi connectivity index (χ0n) is 18.3. The summed E-state index contributed by atoms with van der Waals surface area (Å²) in [5.41, 5.74) is 1.57. The lowest BCUT2D eigenvalue weighted by Crippen LogP contribution is -2.51. The van der Waals surface area contributed by atoms with Crippen LogP contribution in [-0.2, 0) is 0 Å². The van der Waals surface area contributed by atoms with Gasteiger partial charge in [0.15, 0.2) is 0 Å². The lowest BCUT2D eigenvalue weighted by Gasteiger charge is -2.40. The number of rotatable bonds is 3. The summed E-state index contributed by atoms with van der Waals surface area (Å²) in [4.78, 5) is 22.1. The molecule has 1 atom stereocenters. The standard InChI is InChI=1S/C23H28FN5OS/c1-16-14-28(10-11-29(16)31-3)22(30)19-13-26-20-5-4-17(24)12-18(20)21(19)27-8-6-23(2,15-25)7-9-27/h4-5,12-13,16H,6-11,14H2,1-3H3. The number of aromatic nitrogens is 1. The van der Waals surface area contributed by atoms with Gasteiger partial charge in [-0.2, -0.15) is 5.26 Å². The van der Waals surface area contributed by atoms with Crippen LogP contribution in [0.1, 0.15) is 37.0 Å². The molecule has 2 aliphatic heterocycles. The van der Waals surface area contributed by atoms with E-state index >= 15 is 0 Å². The third-order valence-electron chi connectivity index (χ3n) is 6.57. The van der Waals surface area contributed by atoms with Crippen molar-refractivity contribution in [3.8, 4) is 6.07 Å². The number of piperidine rings is 1. The molecule has 0 radical (unpaired) electrons. The van der Waals surface area contributed by atoms with E-state index in [2.05, 4.69) is 33.4 Å². The molecule has 4 rings (SSSR count). The van der Waals surface area contributed by atoms with Crippen molar-refractivity contribution >= 4 is 34.4 Å². The lowest BCUT2D eigenvalue weighted by molar-refractivity contribution is 0.0653. The average Bonchev–Trinajstić information content (AvgIpc) is 2.78. The fourth-order valence-corrected chi connectivity index (χ4v) is 5.24. The molecule has 1 aromatic heterocycles. The number of nitriles is 1. The van der Waals surface area contributed by atoms with Crippen LogP contribution in [0.3, 0.4) is 0 Å². The molecule has 164 valence electrons. The Morgan fingerprint density at radius 1 is 1.29 bits per heavy atom. The Morgan fingerprint density at radius 3 is 2.68 bits per heavy atom. The predicted octanol–water partition coefficient (Wildman–Crippen LogP) is 3.93. The minimum absolute atomic E-state index is 0.0603. The van der Waals surface area contributed by atoms with Crippen LogP contribution in [0, 0.1) is 22.6 Å². The minimum Gasteiger partial charge on any atom is -0.370 e. The van der Waals surface area contributed by atoms with Crippen molar-refractivity contribution in [2.75, 3.05) is 43.9 Å². The van der Waals surface area contributed by atoms with Crippen LogP contribution < -0.4 is 4.90 Å². The van der Waals surface area contributed by atoms with Gasteiger partial charge in [-0.1, -0.05) is 11.9 Å². The monoisotopic (exact) mass is 441 g/mol.